The van der Waals surface area contributed by atoms with Crippen LogP contribution in [-0.4, -0.2) is 13.4 Å². The smallest absolute Gasteiger partial charge is 0.339 e. The Morgan fingerprint density at radius 2 is 1.82 bits per heavy atom. The topological polar surface area (TPSA) is 56.3 Å². The number of rotatable bonds is 3. The van der Waals surface area contributed by atoms with Crippen molar-refractivity contribution in [1.29, 1.82) is 0 Å². The van der Waals surface area contributed by atoms with Crippen LogP contribution >= 0.6 is 15.9 Å². The predicted molar refractivity (Wildman–Crippen MR) is 88.4 cm³/mol. The van der Waals surface area contributed by atoms with E-state index in [1.54, 1.807) is 42.7 Å². The fraction of sp³-hybridized carbons (Fsp3) is 0.0625. The van der Waals surface area contributed by atoms with Crippen LogP contribution in [0.5, 0.6) is 5.75 Å². The van der Waals surface area contributed by atoms with Gasteiger partial charge in [-0.15, -0.1) is 0 Å². The van der Waals surface area contributed by atoms with Gasteiger partial charge in [-0.3, -0.25) is 4.98 Å². The maximum atomic E-state index is 12.3. The number of fused-ring (bicyclic) bond motifs is 1. The standard InChI is InChI=1S/C16H12BrNO3S/c1-11-2-4-14(5-3-11)22(19,20)21-13-8-12-6-7-18-10-15(12)16(17)9-13/h2-10H,1H3. The quantitative estimate of drug-likeness (QED) is 0.645. The SMILES string of the molecule is Cc1ccc(S(=O)(=O)Oc2cc(Br)c3cnccc3c2)cc1. The minimum atomic E-state index is -3.85. The van der Waals surface area contributed by atoms with E-state index in [1.807, 2.05) is 6.92 Å². The van der Waals surface area contributed by atoms with Gasteiger partial charge in [-0.25, -0.2) is 0 Å². The second-order valence-corrected chi connectivity index (χ2v) is 7.25. The molecule has 0 radical (unpaired) electrons. The highest BCUT2D eigenvalue weighted by Gasteiger charge is 2.17. The van der Waals surface area contributed by atoms with Gasteiger partial charge in [0.15, 0.2) is 0 Å². The molecule has 2 aromatic carbocycles. The van der Waals surface area contributed by atoms with E-state index in [0.717, 1.165) is 20.8 Å². The van der Waals surface area contributed by atoms with E-state index in [1.165, 1.54) is 12.1 Å². The van der Waals surface area contributed by atoms with Gasteiger partial charge in [0.1, 0.15) is 10.6 Å². The van der Waals surface area contributed by atoms with Crippen LogP contribution in [0.3, 0.4) is 0 Å². The third-order valence-electron chi connectivity index (χ3n) is 3.19. The molecule has 0 saturated carbocycles. The summed E-state index contributed by atoms with van der Waals surface area (Å²) >= 11 is 3.41. The van der Waals surface area contributed by atoms with Crippen molar-refractivity contribution in [3.8, 4) is 5.75 Å². The molecular formula is C16H12BrNO3S. The fourth-order valence-electron chi connectivity index (χ4n) is 2.06. The van der Waals surface area contributed by atoms with Crippen LogP contribution in [0.15, 0.2) is 64.2 Å². The molecule has 1 aromatic heterocycles. The first-order chi connectivity index (χ1) is 10.5. The van der Waals surface area contributed by atoms with E-state index >= 15 is 0 Å². The summed E-state index contributed by atoms with van der Waals surface area (Å²) in [5.41, 5.74) is 0.986. The molecule has 1 heterocycles. The van der Waals surface area contributed by atoms with Crippen LogP contribution in [0.2, 0.25) is 0 Å². The zero-order valence-electron chi connectivity index (χ0n) is 11.7. The van der Waals surface area contributed by atoms with Gasteiger partial charge in [-0.2, -0.15) is 8.42 Å². The van der Waals surface area contributed by atoms with Crippen LogP contribution < -0.4 is 4.18 Å². The molecule has 0 amide bonds. The lowest BCUT2D eigenvalue weighted by atomic mass is 10.2. The zero-order chi connectivity index (χ0) is 15.7. The third kappa shape index (κ3) is 2.98. The highest BCUT2D eigenvalue weighted by Crippen LogP contribution is 2.30. The van der Waals surface area contributed by atoms with Crippen molar-refractivity contribution in [3.05, 3.63) is 64.9 Å². The average molecular weight is 378 g/mol. The van der Waals surface area contributed by atoms with Gasteiger partial charge < -0.3 is 4.18 Å². The van der Waals surface area contributed by atoms with E-state index in [0.29, 0.717) is 0 Å². The van der Waals surface area contributed by atoms with Crippen molar-refractivity contribution < 1.29 is 12.6 Å². The first-order valence-corrected chi connectivity index (χ1v) is 8.70. The number of aromatic nitrogens is 1. The van der Waals surface area contributed by atoms with E-state index < -0.39 is 10.1 Å². The molecule has 22 heavy (non-hydrogen) atoms. The van der Waals surface area contributed by atoms with Crippen molar-refractivity contribution in [3.63, 3.8) is 0 Å². The third-order valence-corrected chi connectivity index (χ3v) is 5.11. The Kier molecular flexibility index (Phi) is 3.88. The normalized spacial score (nSPS) is 11.5. The molecule has 0 unspecified atom stereocenters. The second kappa shape index (κ2) is 5.70. The summed E-state index contributed by atoms with van der Waals surface area (Å²) in [7, 11) is -3.85. The second-order valence-electron chi connectivity index (χ2n) is 4.85. The lowest BCUT2D eigenvalue weighted by Gasteiger charge is -2.09. The van der Waals surface area contributed by atoms with Gasteiger partial charge in [0.05, 0.1) is 0 Å². The summed E-state index contributed by atoms with van der Waals surface area (Å²) < 4.78 is 30.6. The van der Waals surface area contributed by atoms with Crippen LogP contribution in [0.4, 0.5) is 0 Å². The van der Waals surface area contributed by atoms with E-state index in [-0.39, 0.29) is 10.6 Å². The molecule has 0 aliphatic carbocycles. The number of halogens is 1. The Bertz CT molecular complexity index is 937. The monoisotopic (exact) mass is 377 g/mol. The molecule has 0 saturated heterocycles. The summed E-state index contributed by atoms with van der Waals surface area (Å²) in [5, 5.41) is 1.74. The van der Waals surface area contributed by atoms with Gasteiger partial charge in [-0.05, 0) is 58.6 Å². The zero-order valence-corrected chi connectivity index (χ0v) is 14.1. The Morgan fingerprint density at radius 3 is 2.55 bits per heavy atom. The molecule has 0 N–H and O–H groups in total. The summed E-state index contributed by atoms with van der Waals surface area (Å²) in [6.45, 7) is 1.89. The molecule has 3 aromatic rings. The summed E-state index contributed by atoms with van der Waals surface area (Å²) in [6.07, 6.45) is 3.35. The Balaban J connectivity index is 2.00. The minimum absolute atomic E-state index is 0.129. The molecular weight excluding hydrogens is 366 g/mol. The van der Waals surface area contributed by atoms with Crippen LogP contribution in [0.25, 0.3) is 10.8 Å². The first-order valence-electron chi connectivity index (χ1n) is 6.50. The number of aryl methyl sites for hydroxylation is 1. The van der Waals surface area contributed by atoms with Crippen molar-refractivity contribution in [2.75, 3.05) is 0 Å². The molecule has 0 aliphatic heterocycles. The van der Waals surface area contributed by atoms with Crippen LogP contribution in [-0.2, 0) is 10.1 Å². The maximum absolute atomic E-state index is 12.3. The predicted octanol–water partition coefficient (Wildman–Crippen LogP) is 4.07. The molecule has 4 nitrogen and oxygen atoms in total. The number of hydrogen-bond acceptors (Lipinski definition) is 4. The molecule has 0 fully saturated rings. The number of benzene rings is 2. The summed E-state index contributed by atoms with van der Waals surface area (Å²) in [6, 6.07) is 11.6. The van der Waals surface area contributed by atoms with E-state index in [2.05, 4.69) is 20.9 Å². The van der Waals surface area contributed by atoms with Gasteiger partial charge >= 0.3 is 10.1 Å². The van der Waals surface area contributed by atoms with Gasteiger partial charge in [0, 0.05) is 22.3 Å². The number of pyridine rings is 1. The number of nitrogens with zero attached hydrogens (tertiary/aromatic N) is 1. The Morgan fingerprint density at radius 1 is 1.09 bits per heavy atom. The highest BCUT2D eigenvalue weighted by molar-refractivity contribution is 9.10. The fourth-order valence-corrected chi connectivity index (χ4v) is 3.53. The first kappa shape index (κ1) is 15.0. The molecule has 0 atom stereocenters. The summed E-state index contributed by atoms with van der Waals surface area (Å²) in [4.78, 5) is 4.17. The van der Waals surface area contributed by atoms with Crippen molar-refractivity contribution in [2.45, 2.75) is 11.8 Å². The highest BCUT2D eigenvalue weighted by atomic mass is 79.9. The molecule has 6 heteroatoms. The van der Waals surface area contributed by atoms with Gasteiger partial charge in [0.2, 0.25) is 0 Å². The van der Waals surface area contributed by atoms with E-state index in [4.69, 9.17) is 4.18 Å². The molecule has 0 bridgehead atoms. The number of hydrogen-bond donors (Lipinski definition) is 0. The van der Waals surface area contributed by atoms with Gasteiger partial charge in [-0.1, -0.05) is 17.7 Å². The van der Waals surface area contributed by atoms with Gasteiger partial charge in [0.25, 0.3) is 0 Å². The minimum Gasteiger partial charge on any atom is -0.379 e. The molecule has 0 spiro atoms. The Labute approximate surface area is 137 Å². The van der Waals surface area contributed by atoms with E-state index in [9.17, 15) is 8.42 Å². The molecule has 0 aliphatic rings. The van der Waals surface area contributed by atoms with Crippen molar-refractivity contribution in [1.82, 2.24) is 4.98 Å². The average Bonchev–Trinajstić information content (AvgIpc) is 2.47. The van der Waals surface area contributed by atoms with Crippen molar-refractivity contribution in [2.24, 2.45) is 0 Å². The lowest BCUT2D eigenvalue weighted by Crippen LogP contribution is -2.09. The van der Waals surface area contributed by atoms with Crippen molar-refractivity contribution >= 4 is 36.8 Å². The van der Waals surface area contributed by atoms with Crippen LogP contribution in [0.1, 0.15) is 5.56 Å². The maximum Gasteiger partial charge on any atom is 0.339 e. The molecule has 112 valence electrons. The van der Waals surface area contributed by atoms with Crippen LogP contribution in [0, 0.1) is 6.92 Å². The Hall–Kier alpha value is -1.92. The molecule has 3 rings (SSSR count). The summed E-state index contributed by atoms with van der Waals surface area (Å²) in [5.74, 6) is 0.256. The largest absolute Gasteiger partial charge is 0.379 e. The lowest BCUT2D eigenvalue weighted by molar-refractivity contribution is 0.486.